The van der Waals surface area contributed by atoms with Crippen LogP contribution in [-0.4, -0.2) is 55.2 Å². The van der Waals surface area contributed by atoms with E-state index in [1.54, 1.807) is 16.8 Å². The van der Waals surface area contributed by atoms with Crippen molar-refractivity contribution < 1.29 is 28.9 Å². The number of benzene rings is 3. The number of para-hydroxylation sites is 1. The molecular weight excluding hydrogens is 570 g/mol. The number of esters is 1. The first kappa shape index (κ1) is 30.4. The lowest BCUT2D eigenvalue weighted by atomic mass is 9.91. The van der Waals surface area contributed by atoms with E-state index in [9.17, 15) is 14.7 Å². The van der Waals surface area contributed by atoms with Gasteiger partial charge in [0.2, 0.25) is 5.16 Å². The monoisotopic (exact) mass is 603 g/mol. The molecule has 11 nitrogen and oxygen atoms in total. The van der Waals surface area contributed by atoms with Crippen LogP contribution < -0.4 is 5.32 Å². The van der Waals surface area contributed by atoms with Crippen molar-refractivity contribution >= 4 is 29.3 Å². The number of tetrazole rings is 1. The highest BCUT2D eigenvalue weighted by Gasteiger charge is 2.38. The molecule has 2 N–H and O–H groups in total. The van der Waals surface area contributed by atoms with Gasteiger partial charge in [-0.05, 0) is 52.7 Å². The number of aliphatic hydroxyl groups is 1. The van der Waals surface area contributed by atoms with Gasteiger partial charge in [0.15, 0.2) is 12.4 Å². The van der Waals surface area contributed by atoms with Crippen molar-refractivity contribution in [1.82, 2.24) is 20.2 Å². The van der Waals surface area contributed by atoms with Gasteiger partial charge in [-0.3, -0.25) is 9.59 Å². The quantitative estimate of drug-likeness (QED) is 0.195. The van der Waals surface area contributed by atoms with Crippen LogP contribution in [0.1, 0.15) is 49.9 Å². The van der Waals surface area contributed by atoms with E-state index in [-0.39, 0.29) is 24.7 Å². The van der Waals surface area contributed by atoms with Crippen molar-refractivity contribution in [2.45, 2.75) is 57.1 Å². The molecule has 0 spiro atoms. The molecule has 3 aromatic carbocycles. The van der Waals surface area contributed by atoms with Crippen LogP contribution in [0.15, 0.2) is 84.0 Å². The highest BCUT2D eigenvalue weighted by molar-refractivity contribution is 7.99. The minimum absolute atomic E-state index is 0.0221. The molecule has 0 unspecified atom stereocenters. The van der Waals surface area contributed by atoms with Crippen LogP contribution in [0.5, 0.6) is 0 Å². The van der Waals surface area contributed by atoms with Crippen molar-refractivity contribution in [2.75, 3.05) is 11.1 Å². The molecule has 43 heavy (non-hydrogen) atoms. The number of hydrogen-bond donors (Lipinski definition) is 2. The summed E-state index contributed by atoms with van der Waals surface area (Å²) < 4.78 is 19.7. The van der Waals surface area contributed by atoms with Gasteiger partial charge >= 0.3 is 5.97 Å². The van der Waals surface area contributed by atoms with Gasteiger partial charge < -0.3 is 24.6 Å². The van der Waals surface area contributed by atoms with Crippen LogP contribution >= 0.6 is 11.8 Å². The van der Waals surface area contributed by atoms with Crippen molar-refractivity contribution in [3.05, 3.63) is 95.6 Å². The van der Waals surface area contributed by atoms with Crippen LogP contribution in [0.4, 0.5) is 5.69 Å². The molecule has 12 heteroatoms. The summed E-state index contributed by atoms with van der Waals surface area (Å²) in [6.07, 6.45) is -2.11. The van der Waals surface area contributed by atoms with E-state index < -0.39 is 24.3 Å². The second-order valence-electron chi connectivity index (χ2n) is 10.2. The van der Waals surface area contributed by atoms with E-state index in [0.717, 1.165) is 22.4 Å². The Bertz CT molecular complexity index is 1520. The highest BCUT2D eigenvalue weighted by atomic mass is 32.2. The Morgan fingerprint density at radius 2 is 1.72 bits per heavy atom. The minimum atomic E-state index is -0.914. The third-order valence-corrected chi connectivity index (χ3v) is 8.11. The normalized spacial score (nSPS) is 20.7. The fourth-order valence-electron chi connectivity index (χ4n) is 4.74. The van der Waals surface area contributed by atoms with Gasteiger partial charge in [-0.15, -0.1) is 5.10 Å². The minimum Gasteiger partial charge on any atom is -0.453 e. The first-order valence-corrected chi connectivity index (χ1v) is 14.9. The number of aliphatic hydroxyl groups excluding tert-OH is 1. The molecule has 224 valence electrons. The number of carbonyl (C=O) groups is 2. The molecule has 1 aliphatic heterocycles. The summed E-state index contributed by atoms with van der Waals surface area (Å²) in [7, 11) is 0. The largest absolute Gasteiger partial charge is 0.453 e. The Kier molecular flexibility index (Phi) is 9.82. The Morgan fingerprint density at radius 1 is 1.02 bits per heavy atom. The summed E-state index contributed by atoms with van der Waals surface area (Å²) in [5.74, 6) is -0.403. The van der Waals surface area contributed by atoms with Crippen molar-refractivity contribution in [1.29, 1.82) is 0 Å². The van der Waals surface area contributed by atoms with Crippen LogP contribution in [-0.2, 0) is 30.4 Å². The maximum atomic E-state index is 12.4. The summed E-state index contributed by atoms with van der Waals surface area (Å²) in [4.78, 5) is 23.6. The van der Waals surface area contributed by atoms with Crippen LogP contribution in [0.2, 0.25) is 0 Å². The summed E-state index contributed by atoms with van der Waals surface area (Å²) >= 11 is 1.51. The Morgan fingerprint density at radius 3 is 2.40 bits per heavy atom. The van der Waals surface area contributed by atoms with Gasteiger partial charge in [-0.1, -0.05) is 73.3 Å². The fourth-order valence-corrected chi connectivity index (χ4v) is 5.79. The van der Waals surface area contributed by atoms with Crippen LogP contribution in [0.25, 0.3) is 5.69 Å². The lowest BCUT2D eigenvalue weighted by Gasteiger charge is -2.41. The molecular formula is C31H33N5O6S. The molecule has 5 atom stereocenters. The predicted octanol–water partition coefficient (Wildman–Crippen LogP) is 4.63. The number of carbonyl (C=O) groups excluding carboxylic acids is 2. The van der Waals surface area contributed by atoms with Crippen molar-refractivity contribution in [3.8, 4) is 5.69 Å². The molecule has 0 saturated carbocycles. The third kappa shape index (κ3) is 7.46. The summed E-state index contributed by atoms with van der Waals surface area (Å²) in [5, 5.41) is 25.2. The molecule has 1 aliphatic rings. The molecule has 1 aromatic heterocycles. The van der Waals surface area contributed by atoms with Gasteiger partial charge in [-0.2, -0.15) is 4.68 Å². The molecule has 0 radical (unpaired) electrons. The number of hydrogen-bond acceptors (Lipinski definition) is 10. The predicted molar refractivity (Wildman–Crippen MR) is 159 cm³/mol. The maximum absolute atomic E-state index is 12.4. The van der Waals surface area contributed by atoms with Gasteiger partial charge in [0.05, 0.1) is 24.5 Å². The topological polar surface area (TPSA) is 138 Å². The van der Waals surface area contributed by atoms with Gasteiger partial charge in [0.1, 0.15) is 0 Å². The zero-order chi connectivity index (χ0) is 30.3. The number of anilines is 1. The van der Waals surface area contributed by atoms with E-state index >= 15 is 0 Å². The standard InChI is InChI=1S/C31H33N5O6S/c1-19-27(18-43-31-33-34-35-36(31)26-7-5-4-6-8-26)41-30(42-28(19)23-11-9-22(17-37)10-12-23)24-13-15-25(16-14-24)32-29(39)20(2)40-21(3)38/h4-16,19-20,27-28,30,37H,17-18H2,1-3H3,(H,32,39)/t19-,20+,27+,28+,30+/m1/s1. The Hall–Kier alpha value is -4.10. The molecule has 1 amide bonds. The lowest BCUT2D eigenvalue weighted by molar-refractivity contribution is -0.268. The molecule has 2 heterocycles. The molecule has 5 rings (SSSR count). The number of amides is 1. The zero-order valence-electron chi connectivity index (χ0n) is 24.0. The summed E-state index contributed by atoms with van der Waals surface area (Å²) in [6.45, 7) is 4.83. The van der Waals surface area contributed by atoms with Crippen molar-refractivity contribution in [3.63, 3.8) is 0 Å². The average molecular weight is 604 g/mol. The van der Waals surface area contributed by atoms with Crippen LogP contribution in [0, 0.1) is 5.92 Å². The molecule has 0 bridgehead atoms. The number of aromatic nitrogens is 4. The Labute approximate surface area is 253 Å². The van der Waals surface area contributed by atoms with Crippen LogP contribution in [0.3, 0.4) is 0 Å². The number of nitrogens with one attached hydrogen (secondary N) is 1. The maximum Gasteiger partial charge on any atom is 0.303 e. The average Bonchev–Trinajstić information content (AvgIpc) is 3.50. The molecule has 0 aliphatic carbocycles. The second kappa shape index (κ2) is 13.9. The second-order valence-corrected chi connectivity index (χ2v) is 11.2. The lowest BCUT2D eigenvalue weighted by Crippen LogP contribution is -2.38. The van der Waals surface area contributed by atoms with E-state index in [4.69, 9.17) is 14.2 Å². The smallest absolute Gasteiger partial charge is 0.303 e. The summed E-state index contributed by atoms with van der Waals surface area (Å²) in [6, 6.07) is 24.6. The first-order chi connectivity index (χ1) is 20.8. The fraction of sp³-hybridized carbons (Fsp3) is 0.323. The molecule has 1 saturated heterocycles. The summed E-state index contributed by atoms with van der Waals surface area (Å²) in [5.41, 5.74) is 3.99. The third-order valence-electron chi connectivity index (χ3n) is 7.10. The van der Waals surface area contributed by atoms with E-state index in [0.29, 0.717) is 16.6 Å². The molecule has 1 fully saturated rings. The number of ether oxygens (including phenoxy) is 3. The Balaban J connectivity index is 1.34. The van der Waals surface area contributed by atoms with Gasteiger partial charge in [0.25, 0.3) is 5.91 Å². The van der Waals surface area contributed by atoms with E-state index in [2.05, 4.69) is 27.8 Å². The number of thioether (sulfide) groups is 1. The van der Waals surface area contributed by atoms with E-state index in [1.807, 2.05) is 66.7 Å². The van der Waals surface area contributed by atoms with Crippen molar-refractivity contribution in [2.24, 2.45) is 5.92 Å². The number of rotatable bonds is 10. The highest BCUT2D eigenvalue weighted by Crippen LogP contribution is 2.43. The van der Waals surface area contributed by atoms with Gasteiger partial charge in [0, 0.05) is 29.8 Å². The zero-order valence-corrected chi connectivity index (χ0v) is 24.8. The SMILES string of the molecule is CC(=O)O[C@@H](C)C(=O)Nc1ccc([C@H]2O[C@@H](CSc3nnnn3-c3ccccc3)[C@@H](C)[C@@H](c3ccc(CO)cc3)O2)cc1. The van der Waals surface area contributed by atoms with E-state index in [1.165, 1.54) is 25.6 Å². The first-order valence-electron chi connectivity index (χ1n) is 13.9. The molecule has 4 aromatic rings. The van der Waals surface area contributed by atoms with Gasteiger partial charge in [-0.25, -0.2) is 0 Å². The number of nitrogens with zero attached hydrogens (tertiary/aromatic N) is 4.